The number of carbonyl (C=O) groups is 2. The van der Waals surface area contributed by atoms with Gasteiger partial charge >= 0.3 is 11.9 Å². The fraction of sp³-hybridized carbons (Fsp3) is 0.100. The van der Waals surface area contributed by atoms with Crippen molar-refractivity contribution in [1.29, 1.82) is 0 Å². The Morgan fingerprint density at radius 3 is 2.80 bits per heavy atom. The first-order valence-electron chi connectivity index (χ1n) is 4.33. The van der Waals surface area contributed by atoms with E-state index in [2.05, 4.69) is 9.72 Å². The van der Waals surface area contributed by atoms with Crippen LogP contribution in [0.15, 0.2) is 16.5 Å². The molecule has 0 aliphatic carbocycles. The largest absolute Gasteiger partial charge is 0.441 e. The van der Waals surface area contributed by atoms with Gasteiger partial charge in [0.25, 0.3) is 0 Å². The summed E-state index contributed by atoms with van der Waals surface area (Å²) in [7, 11) is 0. The van der Waals surface area contributed by atoms with Gasteiger partial charge in [0.1, 0.15) is 11.1 Å². The maximum atomic E-state index is 11.4. The number of hydrogen-bond acceptors (Lipinski definition) is 5. The highest BCUT2D eigenvalue weighted by Crippen LogP contribution is 2.28. The lowest BCUT2D eigenvalue weighted by atomic mass is 10.1. The third-order valence-corrected chi connectivity index (χ3v) is 2.28. The van der Waals surface area contributed by atoms with Crippen LogP contribution in [0.5, 0.6) is 0 Å². The molecular formula is C10H5NO4. The van der Waals surface area contributed by atoms with E-state index in [1.54, 1.807) is 13.0 Å². The van der Waals surface area contributed by atoms with Crippen molar-refractivity contribution in [3.05, 3.63) is 29.2 Å². The summed E-state index contributed by atoms with van der Waals surface area (Å²) in [6, 6.07) is 3.11. The Balaban J connectivity index is 2.48. The molecule has 0 amide bonds. The van der Waals surface area contributed by atoms with Crippen molar-refractivity contribution in [2.24, 2.45) is 0 Å². The Labute approximate surface area is 83.7 Å². The van der Waals surface area contributed by atoms with E-state index < -0.39 is 11.9 Å². The van der Waals surface area contributed by atoms with Gasteiger partial charge in [-0.1, -0.05) is 0 Å². The van der Waals surface area contributed by atoms with E-state index in [1.165, 1.54) is 6.07 Å². The van der Waals surface area contributed by atoms with E-state index >= 15 is 0 Å². The number of carbonyl (C=O) groups excluding carboxylic acids is 2. The van der Waals surface area contributed by atoms with E-state index in [4.69, 9.17) is 4.42 Å². The summed E-state index contributed by atoms with van der Waals surface area (Å²) in [6.07, 6.45) is 0. The third kappa shape index (κ3) is 0.942. The molecule has 1 aromatic heterocycles. The molecule has 0 radical (unpaired) electrons. The molecule has 5 nitrogen and oxygen atoms in total. The zero-order valence-electron chi connectivity index (χ0n) is 7.73. The Bertz CT molecular complexity index is 611. The number of ether oxygens (including phenoxy) is 1. The topological polar surface area (TPSA) is 69.4 Å². The van der Waals surface area contributed by atoms with E-state index in [0.29, 0.717) is 17.0 Å². The highest BCUT2D eigenvalue weighted by molar-refractivity contribution is 6.19. The van der Waals surface area contributed by atoms with E-state index in [9.17, 15) is 9.59 Å². The molecule has 0 bridgehead atoms. The first-order chi connectivity index (χ1) is 7.16. The fourth-order valence-corrected chi connectivity index (χ4v) is 1.67. The SMILES string of the molecule is Cc1nc2c3c(ccc2o1)C(=O)OC3=O. The minimum absolute atomic E-state index is 0.203. The molecule has 1 aliphatic rings. The zero-order valence-corrected chi connectivity index (χ0v) is 7.73. The van der Waals surface area contributed by atoms with Crippen LogP contribution in [0.25, 0.3) is 11.1 Å². The van der Waals surface area contributed by atoms with E-state index in [1.807, 2.05) is 0 Å². The predicted molar refractivity (Wildman–Crippen MR) is 48.5 cm³/mol. The van der Waals surface area contributed by atoms with Crippen molar-refractivity contribution in [2.75, 3.05) is 0 Å². The Hall–Kier alpha value is -2.17. The van der Waals surface area contributed by atoms with Crippen LogP contribution < -0.4 is 0 Å². The fourth-order valence-electron chi connectivity index (χ4n) is 1.67. The van der Waals surface area contributed by atoms with Gasteiger partial charge in [-0.25, -0.2) is 14.6 Å². The molecule has 1 aliphatic heterocycles. The van der Waals surface area contributed by atoms with Crippen LogP contribution in [0.4, 0.5) is 0 Å². The molecule has 0 unspecified atom stereocenters. The van der Waals surface area contributed by atoms with Crippen molar-refractivity contribution in [3.63, 3.8) is 0 Å². The molecule has 3 rings (SSSR count). The van der Waals surface area contributed by atoms with Crippen molar-refractivity contribution in [3.8, 4) is 0 Å². The smallest absolute Gasteiger partial charge is 0.349 e. The maximum absolute atomic E-state index is 11.4. The number of aromatic nitrogens is 1. The number of oxazole rings is 1. The van der Waals surface area contributed by atoms with Crippen molar-refractivity contribution >= 4 is 23.0 Å². The van der Waals surface area contributed by atoms with Gasteiger partial charge in [-0.15, -0.1) is 0 Å². The van der Waals surface area contributed by atoms with Crippen LogP contribution in [-0.2, 0) is 4.74 Å². The van der Waals surface area contributed by atoms with E-state index in [0.717, 1.165) is 0 Å². The first kappa shape index (κ1) is 8.16. The monoisotopic (exact) mass is 203 g/mol. The lowest BCUT2D eigenvalue weighted by Crippen LogP contribution is -1.97. The summed E-state index contributed by atoms with van der Waals surface area (Å²) in [4.78, 5) is 26.6. The average molecular weight is 203 g/mol. The third-order valence-electron chi connectivity index (χ3n) is 2.28. The quantitative estimate of drug-likeness (QED) is 0.478. The summed E-state index contributed by atoms with van der Waals surface area (Å²) >= 11 is 0. The summed E-state index contributed by atoms with van der Waals surface area (Å²) < 4.78 is 9.74. The molecule has 15 heavy (non-hydrogen) atoms. The van der Waals surface area contributed by atoms with Crippen molar-refractivity contribution < 1.29 is 18.7 Å². The molecule has 0 fully saturated rings. The van der Waals surface area contributed by atoms with Gasteiger partial charge in [0.2, 0.25) is 0 Å². The number of cyclic esters (lactones) is 2. The number of esters is 2. The molecular weight excluding hydrogens is 198 g/mol. The van der Waals surface area contributed by atoms with Gasteiger partial charge in [-0.05, 0) is 12.1 Å². The highest BCUT2D eigenvalue weighted by Gasteiger charge is 2.33. The summed E-state index contributed by atoms with van der Waals surface area (Å²) in [5.41, 5.74) is 1.33. The molecule has 0 N–H and O–H groups in total. The average Bonchev–Trinajstić information content (AvgIpc) is 2.66. The number of nitrogens with zero attached hydrogens (tertiary/aromatic N) is 1. The number of rotatable bonds is 0. The van der Waals surface area contributed by atoms with Gasteiger partial charge in [-0.3, -0.25) is 0 Å². The zero-order chi connectivity index (χ0) is 10.6. The number of benzene rings is 1. The van der Waals surface area contributed by atoms with Crippen molar-refractivity contribution in [2.45, 2.75) is 6.92 Å². The van der Waals surface area contributed by atoms with Crippen LogP contribution >= 0.6 is 0 Å². The molecule has 1 aromatic carbocycles. The minimum atomic E-state index is -0.658. The normalized spacial score (nSPS) is 14.5. The molecule has 0 saturated heterocycles. The second-order valence-corrected chi connectivity index (χ2v) is 3.24. The van der Waals surface area contributed by atoms with Crippen LogP contribution in [0.3, 0.4) is 0 Å². The minimum Gasteiger partial charge on any atom is -0.441 e. The van der Waals surface area contributed by atoms with Crippen molar-refractivity contribution in [1.82, 2.24) is 4.98 Å². The van der Waals surface area contributed by atoms with Gasteiger partial charge in [-0.2, -0.15) is 0 Å². The highest BCUT2D eigenvalue weighted by atomic mass is 16.6. The molecule has 0 atom stereocenters. The second kappa shape index (κ2) is 2.44. The second-order valence-electron chi connectivity index (χ2n) is 3.24. The number of hydrogen-bond donors (Lipinski definition) is 0. The molecule has 2 heterocycles. The molecule has 0 saturated carbocycles. The molecule has 2 aromatic rings. The van der Waals surface area contributed by atoms with Crippen LogP contribution in [0.1, 0.15) is 26.6 Å². The van der Waals surface area contributed by atoms with Crippen LogP contribution in [0, 0.1) is 6.92 Å². The maximum Gasteiger partial charge on any atom is 0.349 e. The van der Waals surface area contributed by atoms with E-state index in [-0.39, 0.29) is 11.1 Å². The lowest BCUT2D eigenvalue weighted by Gasteiger charge is -1.90. The summed E-state index contributed by atoms with van der Waals surface area (Å²) in [6.45, 7) is 1.68. The van der Waals surface area contributed by atoms with Gasteiger partial charge in [0, 0.05) is 6.92 Å². The lowest BCUT2D eigenvalue weighted by molar-refractivity contribution is 0.0444. The standard InChI is InChI=1S/C10H5NO4/c1-4-11-8-6(14-4)3-2-5-7(8)10(13)15-9(5)12/h2-3H,1H3. The van der Waals surface area contributed by atoms with Gasteiger partial charge < -0.3 is 9.15 Å². The first-order valence-corrected chi connectivity index (χ1v) is 4.33. The predicted octanol–water partition coefficient (Wildman–Crippen LogP) is 1.45. The Kier molecular flexibility index (Phi) is 1.33. The number of aryl methyl sites for hydroxylation is 1. The Morgan fingerprint density at radius 2 is 2.00 bits per heavy atom. The van der Waals surface area contributed by atoms with Gasteiger partial charge in [0.15, 0.2) is 11.5 Å². The molecule has 74 valence electrons. The van der Waals surface area contributed by atoms with Crippen LogP contribution in [0.2, 0.25) is 0 Å². The molecule has 0 spiro atoms. The summed E-state index contributed by atoms with van der Waals surface area (Å²) in [5, 5.41) is 0. The molecule has 5 heteroatoms. The Morgan fingerprint density at radius 1 is 1.20 bits per heavy atom. The number of fused-ring (bicyclic) bond motifs is 3. The van der Waals surface area contributed by atoms with Crippen LogP contribution in [-0.4, -0.2) is 16.9 Å². The van der Waals surface area contributed by atoms with Gasteiger partial charge in [0.05, 0.1) is 5.56 Å². The summed E-state index contributed by atoms with van der Waals surface area (Å²) in [5.74, 6) is -0.836.